The molecule has 0 heterocycles. The van der Waals surface area contributed by atoms with Crippen molar-refractivity contribution in [1.82, 2.24) is 5.32 Å². The lowest BCUT2D eigenvalue weighted by Crippen LogP contribution is -2.30. The fourth-order valence-corrected chi connectivity index (χ4v) is 1.70. The molecular weight excluding hydrogens is 238 g/mol. The molecule has 2 atom stereocenters. The summed E-state index contributed by atoms with van der Waals surface area (Å²) in [7, 11) is 0. The maximum atomic E-state index is 9.91. The highest BCUT2D eigenvalue weighted by molar-refractivity contribution is 6.30. The van der Waals surface area contributed by atoms with Crippen LogP contribution in [0.15, 0.2) is 24.3 Å². The van der Waals surface area contributed by atoms with Gasteiger partial charge in [0.05, 0.1) is 12.2 Å². The summed E-state index contributed by atoms with van der Waals surface area (Å²) in [5.74, 6) is 0. The van der Waals surface area contributed by atoms with Gasteiger partial charge >= 0.3 is 0 Å². The molecule has 2 N–H and O–H groups in total. The Morgan fingerprint density at radius 2 is 1.94 bits per heavy atom. The molecule has 0 aliphatic carbocycles. The van der Waals surface area contributed by atoms with Crippen molar-refractivity contribution in [3.05, 3.63) is 34.9 Å². The molecule has 1 rings (SSSR count). The molecule has 3 nitrogen and oxygen atoms in total. The topological polar surface area (TPSA) is 41.5 Å². The van der Waals surface area contributed by atoms with Gasteiger partial charge in [0.2, 0.25) is 0 Å². The Labute approximate surface area is 108 Å². The van der Waals surface area contributed by atoms with E-state index in [1.54, 1.807) is 12.1 Å². The Bertz CT molecular complexity index is 316. The zero-order valence-electron chi connectivity index (χ0n) is 10.3. The van der Waals surface area contributed by atoms with Crippen molar-refractivity contribution in [2.45, 2.75) is 26.1 Å². The van der Waals surface area contributed by atoms with Gasteiger partial charge in [-0.2, -0.15) is 0 Å². The van der Waals surface area contributed by atoms with Crippen molar-refractivity contribution in [3.8, 4) is 0 Å². The van der Waals surface area contributed by atoms with Crippen molar-refractivity contribution >= 4 is 11.6 Å². The predicted octanol–water partition coefficient (Wildman–Crippen LogP) is 2.39. The van der Waals surface area contributed by atoms with Crippen molar-refractivity contribution < 1.29 is 9.84 Å². The monoisotopic (exact) mass is 257 g/mol. The summed E-state index contributed by atoms with van der Waals surface area (Å²) in [4.78, 5) is 0. The Kier molecular flexibility index (Phi) is 6.52. The van der Waals surface area contributed by atoms with Gasteiger partial charge in [0.1, 0.15) is 0 Å². The van der Waals surface area contributed by atoms with Crippen LogP contribution in [0, 0.1) is 0 Å². The second-order valence-corrected chi connectivity index (χ2v) is 4.43. The number of nitrogens with one attached hydrogen (secondary N) is 1. The number of aliphatic hydroxyl groups is 1. The molecule has 0 saturated carbocycles. The minimum Gasteiger partial charge on any atom is -0.387 e. The van der Waals surface area contributed by atoms with E-state index in [2.05, 4.69) is 5.32 Å². The molecule has 1 aromatic rings. The third-order valence-corrected chi connectivity index (χ3v) is 2.73. The van der Waals surface area contributed by atoms with E-state index in [1.807, 2.05) is 26.0 Å². The summed E-state index contributed by atoms with van der Waals surface area (Å²) >= 11 is 5.78. The lowest BCUT2D eigenvalue weighted by molar-refractivity contribution is 0.0723. The quantitative estimate of drug-likeness (QED) is 0.788. The molecule has 17 heavy (non-hydrogen) atoms. The first kappa shape index (κ1) is 14.5. The highest BCUT2D eigenvalue weighted by atomic mass is 35.5. The Hall–Kier alpha value is -0.610. The van der Waals surface area contributed by atoms with Crippen LogP contribution in [0.1, 0.15) is 25.5 Å². The lowest BCUT2D eigenvalue weighted by atomic mass is 10.1. The van der Waals surface area contributed by atoms with Crippen molar-refractivity contribution in [1.29, 1.82) is 0 Å². The van der Waals surface area contributed by atoms with E-state index in [1.165, 1.54) is 0 Å². The molecular formula is C13H20ClNO2. The van der Waals surface area contributed by atoms with E-state index >= 15 is 0 Å². The first-order valence-electron chi connectivity index (χ1n) is 5.89. The van der Waals surface area contributed by atoms with Crippen molar-refractivity contribution in [3.63, 3.8) is 0 Å². The van der Waals surface area contributed by atoms with Crippen molar-refractivity contribution in [2.24, 2.45) is 0 Å². The summed E-state index contributed by atoms with van der Waals surface area (Å²) in [5, 5.41) is 13.8. The van der Waals surface area contributed by atoms with E-state index in [4.69, 9.17) is 16.3 Å². The Morgan fingerprint density at radius 1 is 1.29 bits per heavy atom. The van der Waals surface area contributed by atoms with E-state index in [-0.39, 0.29) is 6.10 Å². The van der Waals surface area contributed by atoms with Gasteiger partial charge in [-0.15, -0.1) is 0 Å². The molecule has 0 amide bonds. The standard InChI is InChI=1S/C13H20ClNO2/c1-3-17-10(2)8-15-9-13(16)11-4-6-12(14)7-5-11/h4-7,10,13,15-16H,3,8-9H2,1-2H3. The van der Waals surface area contributed by atoms with Crippen LogP contribution in [0.5, 0.6) is 0 Å². The third-order valence-electron chi connectivity index (χ3n) is 2.48. The molecule has 0 aliphatic heterocycles. The van der Waals surface area contributed by atoms with E-state index < -0.39 is 6.10 Å². The third kappa shape index (κ3) is 5.50. The summed E-state index contributed by atoms with van der Waals surface area (Å²) < 4.78 is 5.38. The lowest BCUT2D eigenvalue weighted by Gasteiger charge is -2.15. The van der Waals surface area contributed by atoms with E-state index in [0.29, 0.717) is 18.2 Å². The zero-order chi connectivity index (χ0) is 12.7. The van der Waals surface area contributed by atoms with Gasteiger partial charge in [0.25, 0.3) is 0 Å². The summed E-state index contributed by atoms with van der Waals surface area (Å²) in [6.45, 7) is 5.93. The number of benzene rings is 1. The number of rotatable bonds is 7. The number of hydrogen-bond donors (Lipinski definition) is 2. The molecule has 0 fully saturated rings. The fourth-order valence-electron chi connectivity index (χ4n) is 1.57. The van der Waals surface area contributed by atoms with Crippen LogP contribution in [0.3, 0.4) is 0 Å². The molecule has 1 aromatic carbocycles. The molecule has 0 radical (unpaired) electrons. The average Bonchev–Trinajstić information content (AvgIpc) is 2.30. The van der Waals surface area contributed by atoms with Gasteiger partial charge in [-0.05, 0) is 31.5 Å². The normalized spacial score (nSPS) is 14.6. The minimum atomic E-state index is -0.513. The van der Waals surface area contributed by atoms with Gasteiger partial charge in [-0.25, -0.2) is 0 Å². The molecule has 0 aromatic heterocycles. The first-order chi connectivity index (χ1) is 8.13. The molecule has 2 unspecified atom stereocenters. The number of aliphatic hydroxyl groups excluding tert-OH is 1. The first-order valence-corrected chi connectivity index (χ1v) is 6.27. The average molecular weight is 258 g/mol. The second kappa shape index (κ2) is 7.67. The van der Waals surface area contributed by atoms with Crippen LogP contribution < -0.4 is 5.32 Å². The minimum absolute atomic E-state index is 0.164. The van der Waals surface area contributed by atoms with Gasteiger partial charge in [-0.3, -0.25) is 0 Å². The maximum absolute atomic E-state index is 9.91. The molecule has 0 saturated heterocycles. The van der Waals surface area contributed by atoms with Crippen LogP contribution in [-0.2, 0) is 4.74 Å². The van der Waals surface area contributed by atoms with Crippen LogP contribution in [0.4, 0.5) is 0 Å². The van der Waals surface area contributed by atoms with Crippen molar-refractivity contribution in [2.75, 3.05) is 19.7 Å². The highest BCUT2D eigenvalue weighted by Crippen LogP contribution is 2.15. The predicted molar refractivity (Wildman–Crippen MR) is 70.4 cm³/mol. The fraction of sp³-hybridized carbons (Fsp3) is 0.538. The van der Waals surface area contributed by atoms with Gasteiger partial charge < -0.3 is 15.2 Å². The summed E-state index contributed by atoms with van der Waals surface area (Å²) in [5.41, 5.74) is 0.867. The summed E-state index contributed by atoms with van der Waals surface area (Å²) in [6, 6.07) is 7.23. The molecule has 96 valence electrons. The number of hydrogen-bond acceptors (Lipinski definition) is 3. The van der Waals surface area contributed by atoms with E-state index in [9.17, 15) is 5.11 Å². The van der Waals surface area contributed by atoms with Crippen LogP contribution in [0.25, 0.3) is 0 Å². The number of ether oxygens (including phenoxy) is 1. The largest absolute Gasteiger partial charge is 0.387 e. The van der Waals surface area contributed by atoms with Crippen LogP contribution in [0.2, 0.25) is 5.02 Å². The molecule has 0 spiro atoms. The highest BCUT2D eigenvalue weighted by Gasteiger charge is 2.07. The number of halogens is 1. The van der Waals surface area contributed by atoms with E-state index in [0.717, 1.165) is 12.1 Å². The van der Waals surface area contributed by atoms with Gasteiger partial charge in [0.15, 0.2) is 0 Å². The Morgan fingerprint density at radius 3 is 2.53 bits per heavy atom. The van der Waals surface area contributed by atoms with Gasteiger partial charge in [-0.1, -0.05) is 23.7 Å². The summed E-state index contributed by atoms with van der Waals surface area (Å²) in [6.07, 6.45) is -0.349. The van der Waals surface area contributed by atoms with Crippen LogP contribution in [-0.4, -0.2) is 30.9 Å². The zero-order valence-corrected chi connectivity index (χ0v) is 11.1. The second-order valence-electron chi connectivity index (χ2n) is 3.99. The Balaban J connectivity index is 2.29. The molecule has 4 heteroatoms. The maximum Gasteiger partial charge on any atom is 0.0914 e. The molecule has 0 bridgehead atoms. The van der Waals surface area contributed by atoms with Gasteiger partial charge in [0, 0.05) is 24.7 Å². The molecule has 0 aliphatic rings. The van der Waals surface area contributed by atoms with Crippen LogP contribution >= 0.6 is 11.6 Å². The smallest absolute Gasteiger partial charge is 0.0914 e. The SMILES string of the molecule is CCOC(C)CNCC(O)c1ccc(Cl)cc1.